The van der Waals surface area contributed by atoms with E-state index in [1.807, 2.05) is 38.2 Å². The van der Waals surface area contributed by atoms with Crippen molar-refractivity contribution in [2.75, 3.05) is 26.7 Å². The van der Waals surface area contributed by atoms with Crippen molar-refractivity contribution < 1.29 is 8.42 Å². The first-order valence-corrected chi connectivity index (χ1v) is 9.38. The smallest absolute Gasteiger partial charge is 0.218 e. The van der Waals surface area contributed by atoms with Gasteiger partial charge in [0.2, 0.25) is 10.0 Å². The fourth-order valence-corrected chi connectivity index (χ4v) is 4.81. The lowest BCUT2D eigenvalue weighted by Crippen LogP contribution is -2.42. The van der Waals surface area contributed by atoms with Gasteiger partial charge in [-0.2, -0.15) is 4.31 Å². The van der Waals surface area contributed by atoms with Crippen LogP contribution in [-0.4, -0.2) is 50.3 Å². The first-order valence-electron chi connectivity index (χ1n) is 7.24. The average Bonchev–Trinajstić information content (AvgIpc) is 2.59. The Morgan fingerprint density at radius 1 is 1.29 bits per heavy atom. The molecule has 6 heteroatoms. The van der Waals surface area contributed by atoms with Gasteiger partial charge in [0.25, 0.3) is 0 Å². The summed E-state index contributed by atoms with van der Waals surface area (Å²) in [6.45, 7) is 4.30. The highest BCUT2D eigenvalue weighted by molar-refractivity contribution is 7.88. The third-order valence-corrected chi connectivity index (χ3v) is 6.10. The van der Waals surface area contributed by atoms with Gasteiger partial charge < -0.3 is 4.90 Å². The topological polar surface area (TPSA) is 40.6 Å². The van der Waals surface area contributed by atoms with E-state index in [4.69, 9.17) is 11.6 Å². The third kappa shape index (κ3) is 4.42. The van der Waals surface area contributed by atoms with E-state index in [1.54, 1.807) is 4.31 Å². The molecule has 0 amide bonds. The highest BCUT2D eigenvalue weighted by atomic mass is 35.5. The molecular formula is C15H23ClN2O2S. The number of nitrogens with zero attached hydrogens (tertiary/aromatic N) is 2. The highest BCUT2D eigenvalue weighted by Crippen LogP contribution is 2.18. The van der Waals surface area contributed by atoms with Crippen LogP contribution >= 0.6 is 11.6 Å². The first kappa shape index (κ1) is 16.7. The van der Waals surface area contributed by atoms with E-state index in [-0.39, 0.29) is 11.8 Å². The van der Waals surface area contributed by atoms with Gasteiger partial charge >= 0.3 is 0 Å². The summed E-state index contributed by atoms with van der Waals surface area (Å²) < 4.78 is 27.1. The maximum Gasteiger partial charge on any atom is 0.218 e. The Morgan fingerprint density at radius 3 is 2.71 bits per heavy atom. The molecular weight excluding hydrogens is 308 g/mol. The van der Waals surface area contributed by atoms with E-state index in [0.29, 0.717) is 12.4 Å². The predicted octanol–water partition coefficient (Wildman–Crippen LogP) is 2.28. The van der Waals surface area contributed by atoms with Crippen LogP contribution in [0.15, 0.2) is 24.3 Å². The lowest BCUT2D eigenvalue weighted by Gasteiger charge is -2.27. The lowest BCUT2D eigenvalue weighted by molar-refractivity contribution is 0.290. The highest BCUT2D eigenvalue weighted by Gasteiger charge is 2.29. The van der Waals surface area contributed by atoms with E-state index in [2.05, 4.69) is 4.90 Å². The average molecular weight is 331 g/mol. The molecule has 1 fully saturated rings. The van der Waals surface area contributed by atoms with Gasteiger partial charge in [-0.1, -0.05) is 24.3 Å². The summed E-state index contributed by atoms with van der Waals surface area (Å²) in [4.78, 5) is 2.19. The second-order valence-corrected chi connectivity index (χ2v) is 7.97. The zero-order valence-electron chi connectivity index (χ0n) is 12.6. The molecule has 0 saturated carbocycles. The van der Waals surface area contributed by atoms with Crippen LogP contribution in [0.4, 0.5) is 0 Å². The van der Waals surface area contributed by atoms with E-state index in [9.17, 15) is 8.42 Å². The van der Waals surface area contributed by atoms with Gasteiger partial charge in [-0.05, 0) is 38.1 Å². The van der Waals surface area contributed by atoms with Gasteiger partial charge in [0.05, 0.1) is 5.75 Å². The van der Waals surface area contributed by atoms with E-state index < -0.39 is 10.0 Å². The van der Waals surface area contributed by atoms with Crippen molar-refractivity contribution in [3.8, 4) is 0 Å². The third-order valence-electron chi connectivity index (χ3n) is 3.84. The van der Waals surface area contributed by atoms with Gasteiger partial charge in [-0.3, -0.25) is 0 Å². The fraction of sp³-hybridized carbons (Fsp3) is 0.600. The van der Waals surface area contributed by atoms with Gasteiger partial charge in [0, 0.05) is 25.0 Å². The van der Waals surface area contributed by atoms with Gasteiger partial charge in [0.1, 0.15) is 0 Å². The van der Waals surface area contributed by atoms with E-state index in [1.165, 1.54) is 0 Å². The van der Waals surface area contributed by atoms with Crippen LogP contribution in [0.25, 0.3) is 0 Å². The van der Waals surface area contributed by atoms with Crippen molar-refractivity contribution in [1.29, 1.82) is 0 Å². The molecule has 118 valence electrons. The van der Waals surface area contributed by atoms with Crippen molar-refractivity contribution in [2.45, 2.75) is 31.0 Å². The fourth-order valence-electron chi connectivity index (χ4n) is 2.86. The molecule has 1 aliphatic rings. The zero-order valence-corrected chi connectivity index (χ0v) is 14.2. The number of halogens is 1. The number of likely N-dealkylation sites (N-methyl/N-ethyl adjacent to an activating group) is 1. The monoisotopic (exact) mass is 330 g/mol. The molecule has 4 nitrogen and oxygen atoms in total. The molecule has 1 unspecified atom stereocenters. The predicted molar refractivity (Wildman–Crippen MR) is 86.9 cm³/mol. The second-order valence-electron chi connectivity index (χ2n) is 5.79. The maximum atomic E-state index is 12.7. The van der Waals surface area contributed by atoms with Gasteiger partial charge in [0.15, 0.2) is 0 Å². The summed E-state index contributed by atoms with van der Waals surface area (Å²) in [6, 6.07) is 7.51. The van der Waals surface area contributed by atoms with Crippen molar-refractivity contribution in [3.05, 3.63) is 35.4 Å². The van der Waals surface area contributed by atoms with E-state index >= 15 is 0 Å². The maximum absolute atomic E-state index is 12.7. The Labute approximate surface area is 132 Å². The number of hydrogen-bond acceptors (Lipinski definition) is 3. The Kier molecular flexibility index (Phi) is 5.66. The normalized spacial score (nSPS) is 22.1. The van der Waals surface area contributed by atoms with Crippen molar-refractivity contribution in [1.82, 2.24) is 9.21 Å². The molecule has 2 rings (SSSR count). The summed E-state index contributed by atoms with van der Waals surface area (Å²) >= 11 is 5.81. The number of rotatable bonds is 4. The van der Waals surface area contributed by atoms with Crippen LogP contribution in [-0.2, 0) is 21.7 Å². The summed E-state index contributed by atoms with van der Waals surface area (Å²) in [5, 5.41) is 0. The Balaban J connectivity index is 2.16. The minimum atomic E-state index is -3.29. The quantitative estimate of drug-likeness (QED) is 0.795. The van der Waals surface area contributed by atoms with Crippen LogP contribution < -0.4 is 0 Å². The number of sulfonamides is 1. The van der Waals surface area contributed by atoms with Crippen LogP contribution in [0, 0.1) is 0 Å². The Bertz CT molecular complexity index is 577. The number of hydrogen-bond donors (Lipinski definition) is 0. The largest absolute Gasteiger partial charge is 0.305 e. The van der Waals surface area contributed by atoms with Crippen molar-refractivity contribution in [2.24, 2.45) is 0 Å². The van der Waals surface area contributed by atoms with Crippen molar-refractivity contribution in [3.63, 3.8) is 0 Å². The molecule has 1 saturated heterocycles. The first-order chi connectivity index (χ1) is 9.92. The zero-order chi connectivity index (χ0) is 15.5. The lowest BCUT2D eigenvalue weighted by atomic mass is 10.2. The summed E-state index contributed by atoms with van der Waals surface area (Å²) in [5.74, 6) is 0.449. The summed E-state index contributed by atoms with van der Waals surface area (Å²) in [6.07, 6.45) is 0.877. The molecule has 0 spiro atoms. The summed E-state index contributed by atoms with van der Waals surface area (Å²) in [7, 11) is -1.26. The molecule has 1 aromatic carbocycles. The van der Waals surface area contributed by atoms with E-state index in [0.717, 1.165) is 30.6 Å². The molecule has 0 aliphatic carbocycles. The molecule has 1 aliphatic heterocycles. The summed E-state index contributed by atoms with van der Waals surface area (Å²) in [5.41, 5.74) is 1.76. The molecule has 0 bridgehead atoms. The minimum absolute atomic E-state index is 0.0127. The molecule has 1 atom stereocenters. The molecule has 0 N–H and O–H groups in total. The minimum Gasteiger partial charge on any atom is -0.305 e. The Hall–Kier alpha value is -0.620. The Morgan fingerprint density at radius 2 is 2.00 bits per heavy atom. The molecule has 1 heterocycles. The van der Waals surface area contributed by atoms with Crippen LogP contribution in [0.5, 0.6) is 0 Å². The van der Waals surface area contributed by atoms with Gasteiger partial charge in [-0.25, -0.2) is 8.42 Å². The van der Waals surface area contributed by atoms with Crippen LogP contribution in [0.3, 0.4) is 0 Å². The van der Waals surface area contributed by atoms with Gasteiger partial charge in [-0.15, -0.1) is 11.6 Å². The standard InChI is InChI=1S/C15H23ClN2O2S/c1-13-11-17(2)7-4-8-18(13)21(19,20)12-15-6-3-5-14(9-15)10-16/h3,5-6,9,13H,4,7-8,10-12H2,1-2H3. The molecule has 0 radical (unpaired) electrons. The number of benzene rings is 1. The van der Waals surface area contributed by atoms with Crippen LogP contribution in [0.1, 0.15) is 24.5 Å². The number of alkyl halides is 1. The van der Waals surface area contributed by atoms with Crippen molar-refractivity contribution >= 4 is 21.6 Å². The SMILES string of the molecule is CC1CN(C)CCCN1S(=O)(=O)Cc1cccc(CCl)c1. The van der Waals surface area contributed by atoms with Crippen LogP contribution in [0.2, 0.25) is 0 Å². The molecule has 0 aromatic heterocycles. The molecule has 1 aromatic rings. The molecule has 21 heavy (non-hydrogen) atoms. The second kappa shape index (κ2) is 7.09.